The van der Waals surface area contributed by atoms with Crippen molar-refractivity contribution in [2.45, 2.75) is 25.2 Å². The van der Waals surface area contributed by atoms with Crippen LogP contribution in [-0.4, -0.2) is 36.8 Å². The van der Waals surface area contributed by atoms with Crippen LogP contribution >= 0.6 is 0 Å². The number of fused-ring (bicyclic) bond motifs is 1. The van der Waals surface area contributed by atoms with E-state index in [-0.39, 0.29) is 5.41 Å². The van der Waals surface area contributed by atoms with Crippen molar-refractivity contribution >= 4 is 17.0 Å². The summed E-state index contributed by atoms with van der Waals surface area (Å²) in [6.07, 6.45) is 1.92. The maximum atomic E-state index is 5.69. The van der Waals surface area contributed by atoms with Crippen LogP contribution in [0.15, 0.2) is 42.5 Å². The molecule has 1 aliphatic rings. The highest BCUT2D eigenvalue weighted by molar-refractivity contribution is 5.77. The first-order chi connectivity index (χ1) is 12.7. The number of aromatic amines is 1. The van der Waals surface area contributed by atoms with E-state index in [0.717, 1.165) is 55.3 Å². The summed E-state index contributed by atoms with van der Waals surface area (Å²) in [6, 6.07) is 14.5. The second-order valence-electron chi connectivity index (χ2n) is 7.05. The lowest BCUT2D eigenvalue weighted by Crippen LogP contribution is -2.40. The van der Waals surface area contributed by atoms with Gasteiger partial charge in [0.15, 0.2) is 0 Å². The number of anilines is 1. The van der Waals surface area contributed by atoms with Crippen LogP contribution in [0.25, 0.3) is 11.0 Å². The lowest BCUT2D eigenvalue weighted by atomic mass is 9.73. The van der Waals surface area contributed by atoms with Crippen LogP contribution in [0.3, 0.4) is 0 Å². The number of benzene rings is 2. The number of para-hydroxylation sites is 2. The van der Waals surface area contributed by atoms with Gasteiger partial charge >= 0.3 is 0 Å². The van der Waals surface area contributed by atoms with Gasteiger partial charge in [0.1, 0.15) is 5.75 Å². The van der Waals surface area contributed by atoms with Crippen molar-refractivity contribution in [3.8, 4) is 5.75 Å². The Labute approximate surface area is 153 Å². The smallest absolute Gasteiger partial charge is 0.201 e. The fourth-order valence-corrected chi connectivity index (χ4v) is 3.83. The molecule has 4 rings (SSSR count). The van der Waals surface area contributed by atoms with Crippen molar-refractivity contribution in [3.05, 3.63) is 53.6 Å². The van der Waals surface area contributed by atoms with Crippen molar-refractivity contribution in [1.29, 1.82) is 0 Å². The topological polar surface area (TPSA) is 59.2 Å². The largest absolute Gasteiger partial charge is 0.496 e. The Morgan fingerprint density at radius 2 is 2.00 bits per heavy atom. The minimum absolute atomic E-state index is 0.0331. The summed E-state index contributed by atoms with van der Waals surface area (Å²) < 4.78 is 11.3. The Morgan fingerprint density at radius 3 is 2.77 bits per heavy atom. The summed E-state index contributed by atoms with van der Waals surface area (Å²) in [7, 11) is 1.74. The zero-order valence-corrected chi connectivity index (χ0v) is 15.3. The van der Waals surface area contributed by atoms with Crippen molar-refractivity contribution in [3.63, 3.8) is 0 Å². The molecule has 5 nitrogen and oxygen atoms in total. The van der Waals surface area contributed by atoms with E-state index in [1.807, 2.05) is 24.3 Å². The molecule has 2 heterocycles. The number of aromatic nitrogens is 2. The Bertz CT molecular complexity index is 864. The Balaban J connectivity index is 1.65. The number of nitrogens with one attached hydrogen (secondary N) is 2. The first-order valence-electron chi connectivity index (χ1n) is 9.12. The summed E-state index contributed by atoms with van der Waals surface area (Å²) in [4.78, 5) is 8.01. The Kier molecular flexibility index (Phi) is 4.55. The van der Waals surface area contributed by atoms with Crippen LogP contribution in [0.5, 0.6) is 5.75 Å². The molecule has 1 saturated heterocycles. The lowest BCUT2D eigenvalue weighted by molar-refractivity contribution is 0.0535. The van der Waals surface area contributed by atoms with Gasteiger partial charge in [0.05, 0.1) is 18.1 Å². The molecule has 26 heavy (non-hydrogen) atoms. The number of hydrogen-bond acceptors (Lipinski definition) is 4. The van der Waals surface area contributed by atoms with Crippen LogP contribution in [0.4, 0.5) is 5.95 Å². The average Bonchev–Trinajstić information content (AvgIpc) is 3.10. The van der Waals surface area contributed by atoms with Crippen molar-refractivity contribution in [2.24, 2.45) is 0 Å². The maximum absolute atomic E-state index is 5.69. The molecule has 0 aliphatic carbocycles. The van der Waals surface area contributed by atoms with Crippen LogP contribution in [0.2, 0.25) is 0 Å². The van der Waals surface area contributed by atoms with Gasteiger partial charge in [0.25, 0.3) is 0 Å². The zero-order valence-electron chi connectivity index (χ0n) is 15.3. The number of ether oxygens (including phenoxy) is 2. The number of hydrogen-bond donors (Lipinski definition) is 2. The van der Waals surface area contributed by atoms with Crippen molar-refractivity contribution < 1.29 is 9.47 Å². The van der Waals surface area contributed by atoms with Gasteiger partial charge in [-0.2, -0.15) is 0 Å². The highest BCUT2D eigenvalue weighted by Gasteiger charge is 2.37. The van der Waals surface area contributed by atoms with E-state index in [0.29, 0.717) is 0 Å². The summed E-state index contributed by atoms with van der Waals surface area (Å²) >= 11 is 0. The van der Waals surface area contributed by atoms with E-state index in [2.05, 4.69) is 40.4 Å². The third-order valence-electron chi connectivity index (χ3n) is 5.36. The van der Waals surface area contributed by atoms with Gasteiger partial charge in [-0.25, -0.2) is 4.98 Å². The zero-order chi connectivity index (χ0) is 18.0. The SMILES string of the molecule is COc1ccc(C)cc1C1(CNc2nc3ccccc3[nH]2)CCOCC1. The van der Waals surface area contributed by atoms with Gasteiger partial charge in [-0.1, -0.05) is 29.8 Å². The summed E-state index contributed by atoms with van der Waals surface area (Å²) in [5.74, 6) is 1.76. The monoisotopic (exact) mass is 351 g/mol. The molecule has 2 N–H and O–H groups in total. The summed E-state index contributed by atoms with van der Waals surface area (Å²) in [5, 5.41) is 3.54. The van der Waals surface area contributed by atoms with Crippen LogP contribution < -0.4 is 10.1 Å². The predicted octanol–water partition coefficient (Wildman–Crippen LogP) is 4.04. The lowest BCUT2D eigenvalue weighted by Gasteiger charge is -2.38. The highest BCUT2D eigenvalue weighted by Crippen LogP contribution is 2.40. The molecule has 1 fully saturated rings. The highest BCUT2D eigenvalue weighted by atomic mass is 16.5. The van der Waals surface area contributed by atoms with E-state index in [1.54, 1.807) is 7.11 Å². The van der Waals surface area contributed by atoms with E-state index < -0.39 is 0 Å². The normalized spacial score (nSPS) is 16.5. The molecule has 0 amide bonds. The number of imidazole rings is 1. The number of nitrogens with zero attached hydrogens (tertiary/aromatic N) is 1. The van der Waals surface area contributed by atoms with Gasteiger partial charge in [-0.3, -0.25) is 0 Å². The van der Waals surface area contributed by atoms with E-state index in [1.165, 1.54) is 11.1 Å². The number of aryl methyl sites for hydroxylation is 1. The molecule has 1 aliphatic heterocycles. The molecule has 0 bridgehead atoms. The van der Waals surface area contributed by atoms with Gasteiger partial charge in [0, 0.05) is 30.7 Å². The fraction of sp³-hybridized carbons (Fsp3) is 0.381. The molecule has 0 saturated carbocycles. The number of methoxy groups -OCH3 is 1. The molecule has 5 heteroatoms. The van der Waals surface area contributed by atoms with Crippen molar-refractivity contribution in [2.75, 3.05) is 32.2 Å². The molecule has 3 aromatic rings. The molecule has 1 aromatic heterocycles. The molecule has 2 aromatic carbocycles. The fourth-order valence-electron chi connectivity index (χ4n) is 3.83. The quantitative estimate of drug-likeness (QED) is 0.728. The van der Waals surface area contributed by atoms with Gasteiger partial charge in [-0.15, -0.1) is 0 Å². The maximum Gasteiger partial charge on any atom is 0.201 e. The van der Waals surface area contributed by atoms with E-state index in [9.17, 15) is 0 Å². The Hall–Kier alpha value is -2.53. The predicted molar refractivity (Wildman–Crippen MR) is 104 cm³/mol. The average molecular weight is 351 g/mol. The van der Waals surface area contributed by atoms with Crippen LogP contribution in [0, 0.1) is 6.92 Å². The second-order valence-corrected chi connectivity index (χ2v) is 7.05. The van der Waals surface area contributed by atoms with E-state index in [4.69, 9.17) is 9.47 Å². The third-order valence-corrected chi connectivity index (χ3v) is 5.36. The first-order valence-corrected chi connectivity index (χ1v) is 9.12. The standard InChI is InChI=1S/C21H25N3O2/c1-15-7-8-19(25-2)16(13-15)21(9-11-26-12-10-21)14-22-20-23-17-5-3-4-6-18(17)24-20/h3-8,13H,9-12,14H2,1-2H3,(H2,22,23,24). The molecular formula is C21H25N3O2. The van der Waals surface area contributed by atoms with Crippen LogP contribution in [0.1, 0.15) is 24.0 Å². The molecule has 0 spiro atoms. The number of rotatable bonds is 5. The minimum atomic E-state index is -0.0331. The van der Waals surface area contributed by atoms with Gasteiger partial charge in [0.2, 0.25) is 5.95 Å². The molecule has 136 valence electrons. The molecule has 0 unspecified atom stereocenters. The van der Waals surface area contributed by atoms with E-state index >= 15 is 0 Å². The minimum Gasteiger partial charge on any atom is -0.496 e. The Morgan fingerprint density at radius 1 is 1.19 bits per heavy atom. The molecular weight excluding hydrogens is 326 g/mol. The van der Waals surface area contributed by atoms with Gasteiger partial charge < -0.3 is 19.8 Å². The van der Waals surface area contributed by atoms with Crippen molar-refractivity contribution in [1.82, 2.24) is 9.97 Å². The number of H-pyrrole nitrogens is 1. The molecule has 0 radical (unpaired) electrons. The molecule has 0 atom stereocenters. The second kappa shape index (κ2) is 7.00. The first kappa shape index (κ1) is 16.9. The summed E-state index contributed by atoms with van der Waals surface area (Å²) in [5.41, 5.74) is 4.49. The van der Waals surface area contributed by atoms with Crippen LogP contribution in [-0.2, 0) is 10.2 Å². The third kappa shape index (κ3) is 3.15. The van der Waals surface area contributed by atoms with Gasteiger partial charge in [-0.05, 0) is 38.0 Å². The summed E-state index contributed by atoms with van der Waals surface area (Å²) in [6.45, 7) is 4.44.